The molecule has 1 fully saturated rings. The van der Waals surface area contributed by atoms with E-state index in [1.54, 1.807) is 60.7 Å². The molecule has 2 N–H and O–H groups in total. The number of halogens is 1. The van der Waals surface area contributed by atoms with Crippen LogP contribution in [-0.2, 0) is 16.9 Å². The molecule has 0 aliphatic carbocycles. The number of hydrogen-bond acceptors (Lipinski definition) is 5. The van der Waals surface area contributed by atoms with Gasteiger partial charge in [0.2, 0.25) is 0 Å². The van der Waals surface area contributed by atoms with Crippen molar-refractivity contribution in [3.63, 3.8) is 0 Å². The van der Waals surface area contributed by atoms with Crippen LogP contribution in [0.4, 0.5) is 10.1 Å². The average molecular weight is 447 g/mol. The summed E-state index contributed by atoms with van der Waals surface area (Å²) >= 11 is 0. The maximum absolute atomic E-state index is 13.1. The molecule has 0 aromatic heterocycles. The summed E-state index contributed by atoms with van der Waals surface area (Å²) in [6.07, 6.45) is 0. The largest absolute Gasteiger partial charge is 0.489 e. The van der Waals surface area contributed by atoms with Crippen molar-refractivity contribution in [2.75, 3.05) is 5.32 Å². The van der Waals surface area contributed by atoms with Gasteiger partial charge in [-0.3, -0.25) is 20.2 Å². The van der Waals surface area contributed by atoms with Crippen molar-refractivity contribution >= 4 is 11.6 Å². The van der Waals surface area contributed by atoms with E-state index < -0.39 is 23.4 Å². The van der Waals surface area contributed by atoms with Crippen molar-refractivity contribution in [1.82, 2.24) is 5.32 Å². The summed E-state index contributed by atoms with van der Waals surface area (Å²) in [5.74, 6) is -0.640. The third kappa shape index (κ3) is 3.43. The van der Waals surface area contributed by atoms with Crippen LogP contribution in [0.5, 0.6) is 5.75 Å². The molecule has 1 saturated heterocycles. The van der Waals surface area contributed by atoms with Crippen LogP contribution in [0.2, 0.25) is 0 Å². The molecule has 168 valence electrons. The third-order valence-corrected chi connectivity index (χ3v) is 6.55. The summed E-state index contributed by atoms with van der Waals surface area (Å²) < 4.78 is 18.8. The van der Waals surface area contributed by atoms with Gasteiger partial charge in [-0.1, -0.05) is 42.5 Å². The van der Waals surface area contributed by atoms with Crippen molar-refractivity contribution in [2.45, 2.75) is 37.1 Å². The molecular formula is C25H22FN3O4. The van der Waals surface area contributed by atoms with Gasteiger partial charge in [0.15, 0.2) is 5.54 Å². The standard InChI is InChI=1S/C25H22FN3O4/c1-15-22(17-8-12-19(13-9-17)33-14-16-6-10-18(26)11-7-16)23(29(31)32)25(28-15)20-4-2-3-5-21(20)27-24(25)30/h2-13,15,22-23,28H,14H2,1H3,(H,27,30)/t15-,22-,23+,25-/m0/s1. The number of carbonyl (C=O) groups is 1. The van der Waals surface area contributed by atoms with Gasteiger partial charge in [-0.2, -0.15) is 0 Å². The Morgan fingerprint density at radius 3 is 2.45 bits per heavy atom. The summed E-state index contributed by atoms with van der Waals surface area (Å²) in [4.78, 5) is 25.1. The maximum atomic E-state index is 13.1. The maximum Gasteiger partial charge on any atom is 0.256 e. The average Bonchev–Trinajstić information content (AvgIpc) is 3.27. The molecular weight excluding hydrogens is 425 g/mol. The zero-order valence-corrected chi connectivity index (χ0v) is 17.8. The van der Waals surface area contributed by atoms with Crippen LogP contribution in [0.25, 0.3) is 0 Å². The molecule has 2 aliphatic rings. The second kappa shape index (κ2) is 7.97. The van der Waals surface area contributed by atoms with Crippen LogP contribution < -0.4 is 15.4 Å². The number of nitro groups is 1. The molecule has 7 nitrogen and oxygen atoms in total. The number of para-hydroxylation sites is 1. The normalized spacial score (nSPS) is 25.6. The summed E-state index contributed by atoms with van der Waals surface area (Å²) in [5.41, 5.74) is 1.35. The Morgan fingerprint density at radius 1 is 1.06 bits per heavy atom. The predicted molar refractivity (Wildman–Crippen MR) is 120 cm³/mol. The van der Waals surface area contributed by atoms with Crippen molar-refractivity contribution < 1.29 is 18.8 Å². The minimum absolute atomic E-state index is 0.276. The molecule has 1 spiro atoms. The highest BCUT2D eigenvalue weighted by Crippen LogP contribution is 2.49. The van der Waals surface area contributed by atoms with Crippen molar-refractivity contribution in [3.8, 4) is 5.75 Å². The highest BCUT2D eigenvalue weighted by atomic mass is 19.1. The minimum Gasteiger partial charge on any atom is -0.489 e. The first-order valence-corrected chi connectivity index (χ1v) is 10.7. The Hall–Kier alpha value is -3.78. The molecule has 1 amide bonds. The Labute approximate surface area is 189 Å². The minimum atomic E-state index is -1.43. The number of ether oxygens (including phenoxy) is 1. The molecule has 5 rings (SSSR count). The van der Waals surface area contributed by atoms with E-state index in [0.29, 0.717) is 17.0 Å². The quantitative estimate of drug-likeness (QED) is 0.456. The molecule has 2 aliphatic heterocycles. The topological polar surface area (TPSA) is 93.5 Å². The van der Waals surface area contributed by atoms with Gasteiger partial charge in [-0.05, 0) is 48.4 Å². The Bertz CT molecular complexity index is 1220. The summed E-state index contributed by atoms with van der Waals surface area (Å²) in [6.45, 7) is 2.14. The van der Waals surface area contributed by atoms with E-state index in [2.05, 4.69) is 10.6 Å². The number of hydrogen-bond donors (Lipinski definition) is 2. The van der Waals surface area contributed by atoms with Crippen LogP contribution in [0.1, 0.15) is 29.5 Å². The second-order valence-corrected chi connectivity index (χ2v) is 8.48. The van der Waals surface area contributed by atoms with E-state index >= 15 is 0 Å². The van der Waals surface area contributed by atoms with E-state index in [4.69, 9.17) is 4.74 Å². The van der Waals surface area contributed by atoms with Gasteiger partial charge in [0, 0.05) is 22.2 Å². The summed E-state index contributed by atoms with van der Waals surface area (Å²) in [7, 11) is 0. The lowest BCUT2D eigenvalue weighted by Crippen LogP contribution is -2.54. The lowest BCUT2D eigenvalue weighted by Gasteiger charge is -2.25. The van der Waals surface area contributed by atoms with E-state index in [1.165, 1.54) is 12.1 Å². The fourth-order valence-corrected chi connectivity index (χ4v) is 5.09. The number of nitrogens with zero attached hydrogens (tertiary/aromatic N) is 1. The molecule has 3 aromatic carbocycles. The van der Waals surface area contributed by atoms with E-state index in [-0.39, 0.29) is 23.4 Å². The van der Waals surface area contributed by atoms with Crippen molar-refractivity contribution in [2.24, 2.45) is 0 Å². The number of benzene rings is 3. The predicted octanol–water partition coefficient (Wildman–Crippen LogP) is 3.97. The number of anilines is 1. The van der Waals surface area contributed by atoms with Crippen molar-refractivity contribution in [1.29, 1.82) is 0 Å². The molecule has 0 saturated carbocycles. The van der Waals surface area contributed by atoms with Crippen LogP contribution in [0.15, 0.2) is 72.8 Å². The van der Waals surface area contributed by atoms with Crippen LogP contribution >= 0.6 is 0 Å². The molecule has 0 bridgehead atoms. The van der Waals surface area contributed by atoms with Gasteiger partial charge >= 0.3 is 0 Å². The Kier molecular flexibility index (Phi) is 5.09. The van der Waals surface area contributed by atoms with Gasteiger partial charge in [0.05, 0.1) is 5.92 Å². The molecule has 8 heteroatoms. The van der Waals surface area contributed by atoms with Crippen LogP contribution in [0.3, 0.4) is 0 Å². The third-order valence-electron chi connectivity index (χ3n) is 6.55. The van der Waals surface area contributed by atoms with Gasteiger partial charge in [-0.15, -0.1) is 0 Å². The molecule has 4 atom stereocenters. The number of amides is 1. The first-order chi connectivity index (χ1) is 15.9. The highest BCUT2D eigenvalue weighted by Gasteiger charge is 2.67. The first kappa shape index (κ1) is 21.1. The van der Waals surface area contributed by atoms with E-state index in [9.17, 15) is 19.3 Å². The summed E-state index contributed by atoms with van der Waals surface area (Å²) in [5, 5.41) is 18.4. The zero-order valence-electron chi connectivity index (χ0n) is 17.8. The molecule has 0 unspecified atom stereocenters. The fourth-order valence-electron chi connectivity index (χ4n) is 5.09. The lowest BCUT2D eigenvalue weighted by molar-refractivity contribution is -0.532. The van der Waals surface area contributed by atoms with E-state index in [1.807, 2.05) is 6.92 Å². The van der Waals surface area contributed by atoms with E-state index in [0.717, 1.165) is 11.1 Å². The van der Waals surface area contributed by atoms with Crippen LogP contribution in [0, 0.1) is 15.9 Å². The lowest BCUT2D eigenvalue weighted by atomic mass is 9.78. The monoisotopic (exact) mass is 447 g/mol. The Balaban J connectivity index is 1.42. The second-order valence-electron chi connectivity index (χ2n) is 8.48. The molecule has 3 aromatic rings. The van der Waals surface area contributed by atoms with Gasteiger partial charge in [0.1, 0.15) is 18.2 Å². The number of carbonyl (C=O) groups excluding carboxylic acids is 1. The fraction of sp³-hybridized carbons (Fsp3) is 0.240. The number of nitrogens with one attached hydrogen (secondary N) is 2. The number of fused-ring (bicyclic) bond motifs is 2. The highest BCUT2D eigenvalue weighted by molar-refractivity contribution is 6.07. The first-order valence-electron chi connectivity index (χ1n) is 10.7. The van der Waals surface area contributed by atoms with Crippen molar-refractivity contribution in [3.05, 3.63) is 105 Å². The SMILES string of the molecule is C[C@@H]1N[C@]2(C(=O)Nc3ccccc32)[C@H]([N+](=O)[O-])[C@@H]1c1ccc(OCc2ccc(F)cc2)cc1. The Morgan fingerprint density at radius 2 is 1.76 bits per heavy atom. The smallest absolute Gasteiger partial charge is 0.256 e. The van der Waals surface area contributed by atoms with Gasteiger partial charge in [0.25, 0.3) is 11.9 Å². The number of rotatable bonds is 5. The summed E-state index contributed by atoms with van der Waals surface area (Å²) in [6, 6.07) is 18.8. The van der Waals surface area contributed by atoms with Gasteiger partial charge < -0.3 is 10.1 Å². The molecule has 0 radical (unpaired) electrons. The van der Waals surface area contributed by atoms with Gasteiger partial charge in [-0.25, -0.2) is 4.39 Å². The molecule has 2 heterocycles. The zero-order chi connectivity index (χ0) is 23.2. The molecule has 33 heavy (non-hydrogen) atoms. The van der Waals surface area contributed by atoms with Crippen LogP contribution in [-0.4, -0.2) is 22.9 Å².